The van der Waals surface area contributed by atoms with Crippen LogP contribution in [0, 0.1) is 5.41 Å². The Morgan fingerprint density at radius 2 is 1.95 bits per heavy atom. The SMILES string of the molecule is CC1(CN)CCN(S(=O)(=O)c2ccc3c(c2)CCCC3)C1. The van der Waals surface area contributed by atoms with E-state index in [1.807, 2.05) is 12.1 Å². The normalized spacial score (nSPS) is 26.8. The molecule has 0 bridgehead atoms. The number of aryl methyl sites for hydroxylation is 2. The van der Waals surface area contributed by atoms with Gasteiger partial charge in [0.05, 0.1) is 4.90 Å². The Kier molecular flexibility index (Phi) is 3.84. The summed E-state index contributed by atoms with van der Waals surface area (Å²) >= 11 is 0. The molecule has 1 aromatic rings. The van der Waals surface area contributed by atoms with E-state index in [4.69, 9.17) is 5.73 Å². The third kappa shape index (κ3) is 2.74. The molecule has 1 unspecified atom stereocenters. The first-order valence-corrected chi connectivity index (χ1v) is 9.21. The molecular weight excluding hydrogens is 284 g/mol. The molecule has 1 aromatic carbocycles. The van der Waals surface area contributed by atoms with E-state index in [0.29, 0.717) is 24.5 Å². The van der Waals surface area contributed by atoms with E-state index >= 15 is 0 Å². The summed E-state index contributed by atoms with van der Waals surface area (Å²) in [7, 11) is -3.38. The minimum Gasteiger partial charge on any atom is -0.330 e. The van der Waals surface area contributed by atoms with Crippen LogP contribution >= 0.6 is 0 Å². The molecule has 21 heavy (non-hydrogen) atoms. The van der Waals surface area contributed by atoms with Crippen LogP contribution in [0.5, 0.6) is 0 Å². The number of benzene rings is 1. The Morgan fingerprint density at radius 1 is 1.24 bits per heavy atom. The first-order valence-electron chi connectivity index (χ1n) is 7.77. The molecule has 5 heteroatoms. The van der Waals surface area contributed by atoms with Crippen LogP contribution in [0.15, 0.2) is 23.1 Å². The number of nitrogens with zero attached hydrogens (tertiary/aromatic N) is 1. The molecule has 116 valence electrons. The van der Waals surface area contributed by atoms with Crippen LogP contribution in [-0.4, -0.2) is 32.4 Å². The first kappa shape index (κ1) is 15.0. The summed E-state index contributed by atoms with van der Waals surface area (Å²) < 4.78 is 27.2. The van der Waals surface area contributed by atoms with E-state index < -0.39 is 10.0 Å². The third-order valence-corrected chi connectivity index (χ3v) is 6.81. The van der Waals surface area contributed by atoms with Gasteiger partial charge in [-0.2, -0.15) is 4.31 Å². The van der Waals surface area contributed by atoms with Crippen molar-refractivity contribution in [2.45, 2.75) is 43.9 Å². The second-order valence-corrected chi connectivity index (χ2v) is 8.68. The summed E-state index contributed by atoms with van der Waals surface area (Å²) in [5.41, 5.74) is 8.22. The maximum Gasteiger partial charge on any atom is 0.243 e. The average molecular weight is 308 g/mol. The molecule has 0 spiro atoms. The minimum atomic E-state index is -3.38. The number of sulfonamides is 1. The largest absolute Gasteiger partial charge is 0.330 e. The molecule has 0 radical (unpaired) electrons. The van der Waals surface area contributed by atoms with Crippen molar-refractivity contribution in [3.05, 3.63) is 29.3 Å². The van der Waals surface area contributed by atoms with E-state index in [0.717, 1.165) is 25.7 Å². The van der Waals surface area contributed by atoms with Crippen molar-refractivity contribution >= 4 is 10.0 Å². The Bertz CT molecular complexity index is 642. The number of nitrogens with two attached hydrogens (primary N) is 1. The zero-order valence-electron chi connectivity index (χ0n) is 12.6. The quantitative estimate of drug-likeness (QED) is 0.928. The van der Waals surface area contributed by atoms with Crippen molar-refractivity contribution in [3.63, 3.8) is 0 Å². The first-order chi connectivity index (χ1) is 9.94. The summed E-state index contributed by atoms with van der Waals surface area (Å²) in [5.74, 6) is 0. The molecule has 3 rings (SSSR count). The van der Waals surface area contributed by atoms with Crippen LogP contribution in [0.1, 0.15) is 37.3 Å². The van der Waals surface area contributed by atoms with E-state index in [-0.39, 0.29) is 5.41 Å². The highest BCUT2D eigenvalue weighted by atomic mass is 32.2. The molecule has 1 saturated heterocycles. The maximum atomic E-state index is 12.8. The maximum absolute atomic E-state index is 12.8. The van der Waals surface area contributed by atoms with Crippen molar-refractivity contribution < 1.29 is 8.42 Å². The van der Waals surface area contributed by atoms with E-state index in [1.165, 1.54) is 17.5 Å². The molecule has 4 nitrogen and oxygen atoms in total. The zero-order valence-corrected chi connectivity index (χ0v) is 13.5. The Balaban J connectivity index is 1.89. The molecular formula is C16H24N2O2S. The lowest BCUT2D eigenvalue weighted by Gasteiger charge is -2.23. The van der Waals surface area contributed by atoms with Crippen LogP contribution in [0.4, 0.5) is 0 Å². The van der Waals surface area contributed by atoms with Crippen molar-refractivity contribution in [1.29, 1.82) is 0 Å². The fourth-order valence-corrected chi connectivity index (χ4v) is 5.01. The van der Waals surface area contributed by atoms with E-state index in [1.54, 1.807) is 10.4 Å². The van der Waals surface area contributed by atoms with Crippen molar-refractivity contribution in [2.75, 3.05) is 19.6 Å². The molecule has 2 aliphatic rings. The molecule has 1 heterocycles. The number of hydrogen-bond acceptors (Lipinski definition) is 3. The third-order valence-electron chi connectivity index (χ3n) is 4.97. The topological polar surface area (TPSA) is 63.4 Å². The highest BCUT2D eigenvalue weighted by molar-refractivity contribution is 7.89. The lowest BCUT2D eigenvalue weighted by Crippen LogP contribution is -2.34. The van der Waals surface area contributed by atoms with E-state index in [9.17, 15) is 8.42 Å². The van der Waals surface area contributed by atoms with Crippen LogP contribution < -0.4 is 5.73 Å². The Hall–Kier alpha value is -0.910. The second-order valence-electron chi connectivity index (χ2n) is 6.74. The average Bonchev–Trinajstić information content (AvgIpc) is 2.91. The number of fused-ring (bicyclic) bond motifs is 1. The highest BCUT2D eigenvalue weighted by Crippen LogP contribution is 2.33. The monoisotopic (exact) mass is 308 g/mol. The van der Waals surface area contributed by atoms with Gasteiger partial charge in [-0.25, -0.2) is 8.42 Å². The predicted molar refractivity (Wildman–Crippen MR) is 83.6 cm³/mol. The van der Waals surface area contributed by atoms with Crippen LogP contribution in [0.2, 0.25) is 0 Å². The summed E-state index contributed by atoms with van der Waals surface area (Å²) in [5, 5.41) is 0. The van der Waals surface area contributed by atoms with Gasteiger partial charge in [0.1, 0.15) is 0 Å². The fourth-order valence-electron chi connectivity index (χ4n) is 3.37. The van der Waals surface area contributed by atoms with Gasteiger partial charge in [-0.3, -0.25) is 0 Å². The van der Waals surface area contributed by atoms with Gasteiger partial charge in [-0.05, 0) is 67.3 Å². The molecule has 1 fully saturated rings. The Morgan fingerprint density at radius 3 is 2.62 bits per heavy atom. The molecule has 1 aliphatic carbocycles. The molecule has 0 amide bonds. The summed E-state index contributed by atoms with van der Waals surface area (Å²) in [6.45, 7) is 3.70. The minimum absolute atomic E-state index is 0.0821. The van der Waals surface area contributed by atoms with Gasteiger partial charge in [0.25, 0.3) is 0 Å². The summed E-state index contributed by atoms with van der Waals surface area (Å²) in [4.78, 5) is 0.449. The molecule has 1 atom stereocenters. The van der Waals surface area contributed by atoms with Gasteiger partial charge in [0.2, 0.25) is 10.0 Å². The number of hydrogen-bond donors (Lipinski definition) is 1. The van der Waals surface area contributed by atoms with Gasteiger partial charge in [0, 0.05) is 13.1 Å². The van der Waals surface area contributed by atoms with Crippen LogP contribution in [0.3, 0.4) is 0 Å². The van der Waals surface area contributed by atoms with Crippen molar-refractivity contribution in [2.24, 2.45) is 11.1 Å². The molecule has 0 saturated carbocycles. The zero-order chi connectivity index (χ0) is 15.1. The number of rotatable bonds is 3. The Labute approximate surface area is 127 Å². The molecule has 0 aromatic heterocycles. The van der Waals surface area contributed by atoms with Crippen molar-refractivity contribution in [3.8, 4) is 0 Å². The van der Waals surface area contributed by atoms with Gasteiger partial charge in [-0.15, -0.1) is 0 Å². The summed E-state index contributed by atoms with van der Waals surface area (Å²) in [6.07, 6.45) is 5.28. The van der Waals surface area contributed by atoms with Gasteiger partial charge < -0.3 is 5.73 Å². The van der Waals surface area contributed by atoms with Gasteiger partial charge >= 0.3 is 0 Å². The van der Waals surface area contributed by atoms with Crippen molar-refractivity contribution in [1.82, 2.24) is 4.31 Å². The predicted octanol–water partition coefficient (Wildman–Crippen LogP) is 1.92. The molecule has 1 aliphatic heterocycles. The smallest absolute Gasteiger partial charge is 0.243 e. The van der Waals surface area contributed by atoms with Crippen LogP contribution in [0.25, 0.3) is 0 Å². The fraction of sp³-hybridized carbons (Fsp3) is 0.625. The van der Waals surface area contributed by atoms with Crippen LogP contribution in [-0.2, 0) is 22.9 Å². The highest BCUT2D eigenvalue weighted by Gasteiger charge is 2.39. The van der Waals surface area contributed by atoms with Gasteiger partial charge in [-0.1, -0.05) is 13.0 Å². The lowest BCUT2D eigenvalue weighted by atomic mass is 9.90. The summed E-state index contributed by atoms with van der Waals surface area (Å²) in [6, 6.07) is 5.67. The van der Waals surface area contributed by atoms with Gasteiger partial charge in [0.15, 0.2) is 0 Å². The van der Waals surface area contributed by atoms with E-state index in [2.05, 4.69) is 6.92 Å². The lowest BCUT2D eigenvalue weighted by molar-refractivity contribution is 0.349. The molecule has 2 N–H and O–H groups in total. The standard InChI is InChI=1S/C16H24N2O2S/c1-16(11-17)8-9-18(12-16)21(19,20)15-7-6-13-4-2-3-5-14(13)10-15/h6-7,10H,2-5,8-9,11-12,17H2,1H3. The second kappa shape index (κ2) is 5.38.